The number of hydrogen-bond donors (Lipinski definition) is 2. The number of anilines is 1. The minimum Gasteiger partial charge on any atom is -0.291 e. The van der Waals surface area contributed by atoms with Gasteiger partial charge in [0.2, 0.25) is 5.95 Å². The molecule has 0 amide bonds. The molecule has 3 aromatic heterocycles. The van der Waals surface area contributed by atoms with Crippen LogP contribution < -0.4 is 16.5 Å². The molecule has 0 saturated carbocycles. The van der Waals surface area contributed by atoms with Crippen molar-refractivity contribution in [3.63, 3.8) is 0 Å². The minimum atomic E-state index is -0.343. The molecule has 24 heavy (non-hydrogen) atoms. The van der Waals surface area contributed by atoms with Crippen LogP contribution in [-0.2, 0) is 0 Å². The highest BCUT2D eigenvalue weighted by Crippen LogP contribution is 2.10. The molecule has 2 N–H and O–H groups in total. The molecule has 0 radical (unpaired) electrons. The van der Waals surface area contributed by atoms with Crippen molar-refractivity contribution in [1.82, 2.24) is 19.4 Å². The van der Waals surface area contributed by atoms with Crippen molar-refractivity contribution < 1.29 is 0 Å². The average Bonchev–Trinajstić information content (AvgIpc) is 2.50. The van der Waals surface area contributed by atoms with Gasteiger partial charge in [0.05, 0.1) is 11.8 Å². The van der Waals surface area contributed by atoms with Crippen LogP contribution in [0.2, 0.25) is 5.15 Å². The highest BCUT2D eigenvalue weighted by Gasteiger charge is 2.09. The van der Waals surface area contributed by atoms with Crippen LogP contribution in [0, 0.1) is 13.8 Å². The fourth-order valence-electron chi connectivity index (χ4n) is 2.13. The van der Waals surface area contributed by atoms with E-state index in [4.69, 9.17) is 11.6 Å². The van der Waals surface area contributed by atoms with Crippen molar-refractivity contribution in [1.29, 1.82) is 0 Å². The third kappa shape index (κ3) is 3.18. The predicted molar refractivity (Wildman–Crippen MR) is 92.0 cm³/mol. The molecular formula is C15H13ClN6O2. The Hall–Kier alpha value is -3.00. The van der Waals surface area contributed by atoms with Gasteiger partial charge in [-0.3, -0.25) is 19.0 Å². The van der Waals surface area contributed by atoms with Gasteiger partial charge in [-0.1, -0.05) is 17.7 Å². The summed E-state index contributed by atoms with van der Waals surface area (Å²) < 4.78 is 1.40. The molecule has 0 atom stereocenters. The van der Waals surface area contributed by atoms with E-state index in [2.05, 4.69) is 25.5 Å². The van der Waals surface area contributed by atoms with Gasteiger partial charge in [-0.15, -0.1) is 0 Å². The third-order valence-electron chi connectivity index (χ3n) is 3.19. The van der Waals surface area contributed by atoms with E-state index in [1.807, 2.05) is 13.0 Å². The third-order valence-corrected chi connectivity index (χ3v) is 3.48. The van der Waals surface area contributed by atoms with Crippen molar-refractivity contribution >= 4 is 29.4 Å². The van der Waals surface area contributed by atoms with Crippen LogP contribution >= 0.6 is 11.6 Å². The number of rotatable bonds is 3. The molecule has 0 fully saturated rings. The van der Waals surface area contributed by atoms with Gasteiger partial charge >= 0.3 is 0 Å². The first-order valence-corrected chi connectivity index (χ1v) is 7.37. The van der Waals surface area contributed by atoms with Gasteiger partial charge in [-0.2, -0.15) is 5.10 Å². The number of hydrazone groups is 1. The van der Waals surface area contributed by atoms with E-state index in [9.17, 15) is 9.59 Å². The number of aromatic nitrogens is 4. The van der Waals surface area contributed by atoms with Crippen molar-refractivity contribution in [2.45, 2.75) is 13.8 Å². The van der Waals surface area contributed by atoms with Crippen LogP contribution in [0.3, 0.4) is 0 Å². The maximum atomic E-state index is 12.5. The Kier molecular flexibility index (Phi) is 4.13. The Morgan fingerprint density at radius 2 is 2.08 bits per heavy atom. The summed E-state index contributed by atoms with van der Waals surface area (Å²) in [6, 6.07) is 4.91. The number of aromatic amines is 1. The molecule has 0 aromatic carbocycles. The molecule has 0 aliphatic rings. The first-order valence-electron chi connectivity index (χ1n) is 6.99. The van der Waals surface area contributed by atoms with Crippen molar-refractivity contribution in [3.05, 3.63) is 67.1 Å². The van der Waals surface area contributed by atoms with E-state index in [-0.39, 0.29) is 27.8 Å². The Balaban J connectivity index is 1.97. The number of hydrogen-bond acceptors (Lipinski definition) is 6. The molecule has 0 aliphatic carbocycles. The van der Waals surface area contributed by atoms with Gasteiger partial charge in [0.25, 0.3) is 11.1 Å². The maximum absolute atomic E-state index is 12.5. The van der Waals surface area contributed by atoms with Gasteiger partial charge in [0.1, 0.15) is 10.8 Å². The van der Waals surface area contributed by atoms with Gasteiger partial charge in [0, 0.05) is 18.0 Å². The Bertz CT molecular complexity index is 1070. The van der Waals surface area contributed by atoms with Crippen LogP contribution in [0.15, 0.2) is 39.1 Å². The number of nitrogens with one attached hydrogen (secondary N) is 2. The average molecular weight is 345 g/mol. The summed E-state index contributed by atoms with van der Waals surface area (Å²) in [5.41, 5.74) is 3.94. The van der Waals surface area contributed by atoms with E-state index in [1.54, 1.807) is 19.2 Å². The second kappa shape index (κ2) is 6.25. The molecule has 3 heterocycles. The second-order valence-electron chi connectivity index (χ2n) is 5.16. The van der Waals surface area contributed by atoms with Crippen molar-refractivity contribution in [2.75, 3.05) is 5.43 Å². The van der Waals surface area contributed by atoms with Crippen LogP contribution in [0.25, 0.3) is 5.65 Å². The fraction of sp³-hybridized carbons (Fsp3) is 0.133. The number of aryl methyl sites for hydroxylation is 2. The van der Waals surface area contributed by atoms with Gasteiger partial charge in [-0.25, -0.2) is 15.4 Å². The van der Waals surface area contributed by atoms with E-state index in [1.165, 1.54) is 16.7 Å². The van der Waals surface area contributed by atoms with Crippen LogP contribution in [0.5, 0.6) is 0 Å². The first-order chi connectivity index (χ1) is 11.4. The normalized spacial score (nSPS) is 11.3. The Labute approximate surface area is 140 Å². The molecule has 122 valence electrons. The standard InChI is InChI=1S/C15H13ClN6O2/c1-8-3-4-11-19-13(16)10(14(24)22(11)7-8)6-17-21-15-18-9(2)5-12(23)20-15/h3-7H,1-2H3,(H2,18,20,21,23). The predicted octanol–water partition coefficient (Wildman–Crippen LogP) is 1.49. The molecule has 0 unspecified atom stereocenters. The maximum Gasteiger partial charge on any atom is 0.268 e. The zero-order valence-corrected chi connectivity index (χ0v) is 13.6. The van der Waals surface area contributed by atoms with Crippen LogP contribution in [-0.4, -0.2) is 25.6 Å². The fourth-order valence-corrected chi connectivity index (χ4v) is 2.35. The molecule has 0 aliphatic heterocycles. The number of fused-ring (bicyclic) bond motifs is 1. The molecule has 3 rings (SSSR count). The quantitative estimate of drug-likeness (QED) is 0.425. The van der Waals surface area contributed by atoms with Gasteiger partial charge < -0.3 is 0 Å². The molecule has 8 nitrogen and oxygen atoms in total. The molecule has 9 heteroatoms. The molecule has 0 spiro atoms. The second-order valence-corrected chi connectivity index (χ2v) is 5.52. The highest BCUT2D eigenvalue weighted by atomic mass is 35.5. The Morgan fingerprint density at radius 3 is 2.83 bits per heavy atom. The highest BCUT2D eigenvalue weighted by molar-refractivity contribution is 6.32. The lowest BCUT2D eigenvalue weighted by atomic mass is 10.3. The monoisotopic (exact) mass is 344 g/mol. The molecule has 0 bridgehead atoms. The van der Waals surface area contributed by atoms with Gasteiger partial charge in [-0.05, 0) is 25.5 Å². The molecule has 0 saturated heterocycles. The first kappa shape index (κ1) is 15.9. The SMILES string of the molecule is Cc1ccc2nc(Cl)c(C=NNc3nc(C)cc(=O)[nH]3)c(=O)n2c1. The lowest BCUT2D eigenvalue weighted by Crippen LogP contribution is -2.20. The molecular weight excluding hydrogens is 332 g/mol. The lowest BCUT2D eigenvalue weighted by Gasteiger charge is -2.04. The Morgan fingerprint density at radius 1 is 1.29 bits per heavy atom. The van der Waals surface area contributed by atoms with E-state index < -0.39 is 0 Å². The molecule has 3 aromatic rings. The number of nitrogens with zero attached hydrogens (tertiary/aromatic N) is 4. The smallest absolute Gasteiger partial charge is 0.268 e. The van der Waals surface area contributed by atoms with E-state index in [0.717, 1.165) is 5.56 Å². The van der Waals surface area contributed by atoms with E-state index in [0.29, 0.717) is 11.3 Å². The minimum absolute atomic E-state index is 0.0418. The summed E-state index contributed by atoms with van der Waals surface area (Å²) in [5.74, 6) is 0.164. The zero-order valence-electron chi connectivity index (χ0n) is 12.9. The van der Waals surface area contributed by atoms with Crippen LogP contribution in [0.1, 0.15) is 16.8 Å². The van der Waals surface area contributed by atoms with Crippen molar-refractivity contribution in [2.24, 2.45) is 5.10 Å². The largest absolute Gasteiger partial charge is 0.291 e. The zero-order chi connectivity index (χ0) is 17.3. The number of H-pyrrole nitrogens is 1. The number of pyridine rings is 1. The summed E-state index contributed by atoms with van der Waals surface area (Å²) in [6.45, 7) is 3.55. The van der Waals surface area contributed by atoms with Crippen LogP contribution in [0.4, 0.5) is 5.95 Å². The summed E-state index contributed by atoms with van der Waals surface area (Å²) in [7, 11) is 0. The van der Waals surface area contributed by atoms with Crippen molar-refractivity contribution in [3.8, 4) is 0 Å². The summed E-state index contributed by atoms with van der Waals surface area (Å²) in [4.78, 5) is 34.6. The van der Waals surface area contributed by atoms with Gasteiger partial charge in [0.15, 0.2) is 0 Å². The van der Waals surface area contributed by atoms with E-state index >= 15 is 0 Å². The summed E-state index contributed by atoms with van der Waals surface area (Å²) in [6.07, 6.45) is 2.92. The summed E-state index contributed by atoms with van der Waals surface area (Å²) >= 11 is 6.06. The summed E-state index contributed by atoms with van der Waals surface area (Å²) in [5, 5.41) is 3.94. The number of halogens is 1. The topological polar surface area (TPSA) is 105 Å². The lowest BCUT2D eigenvalue weighted by molar-refractivity contribution is 1.02.